The van der Waals surface area contributed by atoms with E-state index in [9.17, 15) is 9.59 Å². The molecule has 4 nitrogen and oxygen atoms in total. The minimum Gasteiger partial charge on any atom is -0.462 e. The molecule has 48 heavy (non-hydrogen) atoms. The van der Waals surface area contributed by atoms with Crippen LogP contribution in [-0.2, 0) is 9.47 Å². The van der Waals surface area contributed by atoms with Gasteiger partial charge in [0.25, 0.3) is 0 Å². The molecule has 1 aromatic carbocycles. The van der Waals surface area contributed by atoms with E-state index in [4.69, 9.17) is 9.47 Å². The first kappa shape index (κ1) is 46.2. The van der Waals surface area contributed by atoms with E-state index >= 15 is 0 Å². The predicted octanol–water partition coefficient (Wildman–Crippen LogP) is 14.8. The Kier molecular flexibility index (Phi) is 36.5. The highest BCUT2D eigenvalue weighted by Crippen LogP contribution is 2.16. The second-order valence-electron chi connectivity index (χ2n) is 14.0. The van der Waals surface area contributed by atoms with Crippen molar-refractivity contribution in [2.45, 2.75) is 220 Å². The quantitative estimate of drug-likeness (QED) is 0.0551. The molecule has 0 heterocycles. The minimum atomic E-state index is -0.444. The van der Waals surface area contributed by atoms with E-state index in [0.717, 1.165) is 25.7 Å². The predicted molar refractivity (Wildman–Crippen MR) is 208 cm³/mol. The summed E-state index contributed by atoms with van der Waals surface area (Å²) in [6, 6.07) is 6.74. The molecule has 0 saturated carbocycles. The van der Waals surface area contributed by atoms with Crippen molar-refractivity contribution in [1.29, 1.82) is 0 Å². The van der Waals surface area contributed by atoms with E-state index in [1.54, 1.807) is 24.3 Å². The maximum atomic E-state index is 12.4. The van der Waals surface area contributed by atoms with Gasteiger partial charge in [0.1, 0.15) is 0 Å². The van der Waals surface area contributed by atoms with Crippen LogP contribution in [0.3, 0.4) is 0 Å². The molecule has 0 aliphatic heterocycles. The van der Waals surface area contributed by atoms with Crippen LogP contribution in [0.2, 0.25) is 0 Å². The molecule has 0 N–H and O–H groups in total. The van der Waals surface area contributed by atoms with Crippen LogP contribution in [0.25, 0.3) is 0 Å². The average Bonchev–Trinajstić information content (AvgIpc) is 3.10. The highest BCUT2D eigenvalue weighted by molar-refractivity contribution is 6.03. The molecule has 0 saturated heterocycles. The molecular formula is C44H80O4. The van der Waals surface area contributed by atoms with Crippen molar-refractivity contribution in [2.75, 3.05) is 13.2 Å². The summed E-state index contributed by atoms with van der Waals surface area (Å²) in [6.07, 6.45) is 40.0. The number of rotatable bonds is 33. The van der Waals surface area contributed by atoms with Crippen molar-refractivity contribution in [3.05, 3.63) is 35.4 Å². The number of carbonyl (C=O) groups excluding carboxylic acids is 2. The molecule has 0 aliphatic carbocycles. The Labute approximate surface area is 299 Å². The summed E-state index contributed by atoms with van der Waals surface area (Å²) < 4.78 is 10.7. The maximum absolute atomic E-state index is 12.4. The van der Waals surface area contributed by atoms with Crippen molar-refractivity contribution in [2.24, 2.45) is 0 Å². The lowest BCUT2D eigenvalue weighted by atomic mass is 10.0. The normalized spacial score (nSPS) is 10.8. The minimum absolute atomic E-state index is 0.293. The maximum Gasteiger partial charge on any atom is 0.339 e. The second-order valence-corrected chi connectivity index (χ2v) is 14.0. The molecule has 1 aromatic rings. The standard InChI is InChI=1S/C24H38O4.C20H42/c1-3-5-7-9-11-15-19-27-23(25)21-17-13-14-18-22(21)24(26)28-20-16-12-10-8-6-4-2;1-3-5-7-9-11-13-15-17-19-20-18-16-14-12-10-8-6-4-2/h13-14,17-18H,3-12,15-16,19-20H2,1-2H3;3-20H2,1-2H3. The zero-order chi connectivity index (χ0) is 35.2. The summed E-state index contributed by atoms with van der Waals surface area (Å²) in [7, 11) is 0. The van der Waals surface area contributed by atoms with Gasteiger partial charge in [-0.3, -0.25) is 0 Å². The number of unbranched alkanes of at least 4 members (excludes halogenated alkanes) is 27. The molecule has 1 rings (SSSR count). The first-order valence-corrected chi connectivity index (χ1v) is 21.0. The third kappa shape index (κ3) is 30.2. The van der Waals surface area contributed by atoms with Crippen molar-refractivity contribution in [3.63, 3.8) is 0 Å². The topological polar surface area (TPSA) is 52.6 Å². The Hall–Kier alpha value is -1.84. The largest absolute Gasteiger partial charge is 0.462 e. The SMILES string of the molecule is CCCCCCCCCCCCCCCCCCCC.CCCCCCCCOC(=O)c1ccccc1C(=O)OCCCCCCCC. The van der Waals surface area contributed by atoms with Crippen molar-refractivity contribution in [3.8, 4) is 0 Å². The van der Waals surface area contributed by atoms with E-state index in [0.29, 0.717) is 24.3 Å². The molecule has 0 bridgehead atoms. The first-order valence-electron chi connectivity index (χ1n) is 21.0. The van der Waals surface area contributed by atoms with Crippen LogP contribution in [0.4, 0.5) is 0 Å². The van der Waals surface area contributed by atoms with Crippen molar-refractivity contribution in [1.82, 2.24) is 0 Å². The smallest absolute Gasteiger partial charge is 0.339 e. The van der Waals surface area contributed by atoms with E-state index in [1.165, 1.54) is 167 Å². The van der Waals surface area contributed by atoms with Gasteiger partial charge in [-0.15, -0.1) is 0 Å². The number of hydrogen-bond donors (Lipinski definition) is 0. The number of benzene rings is 1. The van der Waals surface area contributed by atoms with Crippen LogP contribution in [0.1, 0.15) is 241 Å². The fourth-order valence-corrected chi connectivity index (χ4v) is 6.06. The van der Waals surface area contributed by atoms with Crippen LogP contribution in [0.5, 0.6) is 0 Å². The molecule has 0 unspecified atom stereocenters. The van der Waals surface area contributed by atoms with E-state index in [-0.39, 0.29) is 0 Å². The Morgan fingerprint density at radius 1 is 0.354 bits per heavy atom. The summed E-state index contributed by atoms with van der Waals surface area (Å²) in [4.78, 5) is 24.7. The van der Waals surface area contributed by atoms with Gasteiger partial charge in [0.05, 0.1) is 24.3 Å². The number of carbonyl (C=O) groups is 2. The zero-order valence-electron chi connectivity index (χ0n) is 32.6. The summed E-state index contributed by atoms with van der Waals surface area (Å²) in [5.41, 5.74) is 0.586. The van der Waals surface area contributed by atoms with Gasteiger partial charge in [0.2, 0.25) is 0 Å². The summed E-state index contributed by atoms with van der Waals surface area (Å²) in [6.45, 7) is 9.77. The van der Waals surface area contributed by atoms with Crippen LogP contribution in [-0.4, -0.2) is 25.2 Å². The van der Waals surface area contributed by atoms with Gasteiger partial charge in [0, 0.05) is 0 Å². The lowest BCUT2D eigenvalue weighted by Crippen LogP contribution is -2.15. The van der Waals surface area contributed by atoms with Crippen molar-refractivity contribution >= 4 is 11.9 Å². The zero-order valence-corrected chi connectivity index (χ0v) is 32.6. The highest BCUT2D eigenvalue weighted by Gasteiger charge is 2.18. The molecule has 0 aromatic heterocycles. The number of ether oxygens (including phenoxy) is 2. The monoisotopic (exact) mass is 673 g/mol. The fourth-order valence-electron chi connectivity index (χ4n) is 6.06. The molecule has 0 radical (unpaired) electrons. The molecule has 0 aliphatic rings. The Morgan fingerprint density at radius 3 is 0.792 bits per heavy atom. The number of esters is 2. The van der Waals surface area contributed by atoms with E-state index in [2.05, 4.69) is 27.7 Å². The molecule has 0 atom stereocenters. The van der Waals surface area contributed by atoms with Gasteiger partial charge in [-0.2, -0.15) is 0 Å². The van der Waals surface area contributed by atoms with Crippen molar-refractivity contribution < 1.29 is 19.1 Å². The Bertz CT molecular complexity index is 753. The molecule has 0 fully saturated rings. The molecule has 0 amide bonds. The van der Waals surface area contributed by atoms with Gasteiger partial charge in [-0.05, 0) is 25.0 Å². The van der Waals surface area contributed by atoms with Gasteiger partial charge in [-0.1, -0.05) is 220 Å². The fraction of sp³-hybridized carbons (Fsp3) is 0.818. The van der Waals surface area contributed by atoms with Crippen LogP contribution in [0, 0.1) is 0 Å². The number of hydrogen-bond acceptors (Lipinski definition) is 4. The van der Waals surface area contributed by atoms with Gasteiger partial charge < -0.3 is 9.47 Å². The second kappa shape index (κ2) is 38.0. The third-order valence-corrected chi connectivity index (χ3v) is 9.29. The Balaban J connectivity index is 0.000000977. The van der Waals surface area contributed by atoms with Crippen LogP contribution >= 0.6 is 0 Å². The molecule has 280 valence electrons. The van der Waals surface area contributed by atoms with Crippen LogP contribution < -0.4 is 0 Å². The average molecular weight is 673 g/mol. The van der Waals surface area contributed by atoms with E-state index < -0.39 is 11.9 Å². The van der Waals surface area contributed by atoms with Gasteiger partial charge in [0.15, 0.2) is 0 Å². The molecule has 4 heteroatoms. The molecular weight excluding hydrogens is 592 g/mol. The lowest BCUT2D eigenvalue weighted by molar-refractivity contribution is 0.0450. The summed E-state index contributed by atoms with van der Waals surface area (Å²) in [5, 5.41) is 0. The molecule has 0 spiro atoms. The van der Waals surface area contributed by atoms with Gasteiger partial charge in [-0.25, -0.2) is 9.59 Å². The van der Waals surface area contributed by atoms with Crippen LogP contribution in [0.15, 0.2) is 24.3 Å². The van der Waals surface area contributed by atoms with Gasteiger partial charge >= 0.3 is 11.9 Å². The van der Waals surface area contributed by atoms with E-state index in [1.807, 2.05) is 0 Å². The summed E-state index contributed by atoms with van der Waals surface area (Å²) >= 11 is 0. The first-order chi connectivity index (χ1) is 23.6. The summed E-state index contributed by atoms with van der Waals surface area (Å²) in [5.74, 6) is -0.888. The third-order valence-electron chi connectivity index (χ3n) is 9.29. The highest BCUT2D eigenvalue weighted by atomic mass is 16.5. The Morgan fingerprint density at radius 2 is 0.562 bits per heavy atom. The lowest BCUT2D eigenvalue weighted by Gasteiger charge is -2.10.